The fourth-order valence-corrected chi connectivity index (χ4v) is 3.90. The van der Waals surface area contributed by atoms with Crippen LogP contribution in [0.5, 0.6) is 0 Å². The van der Waals surface area contributed by atoms with E-state index in [-0.39, 0.29) is 12.0 Å². The molecule has 0 unspecified atom stereocenters. The minimum atomic E-state index is -0.939. The summed E-state index contributed by atoms with van der Waals surface area (Å²) in [4.78, 5) is 10.6. The zero-order chi connectivity index (χ0) is 22.4. The van der Waals surface area contributed by atoms with Gasteiger partial charge in [0.05, 0.1) is 12.7 Å². The topological polar surface area (TPSA) is 66.8 Å². The lowest BCUT2D eigenvalue weighted by Crippen LogP contribution is -2.21. The Hall–Kier alpha value is -1.65. The van der Waals surface area contributed by atoms with Crippen LogP contribution in [0.15, 0.2) is 47.6 Å². The Morgan fingerprint density at radius 2 is 1.97 bits per heavy atom. The molecule has 0 saturated heterocycles. The van der Waals surface area contributed by atoms with Crippen LogP contribution in [0, 0.1) is 11.3 Å². The van der Waals surface area contributed by atoms with Crippen molar-refractivity contribution < 1.29 is 19.7 Å². The van der Waals surface area contributed by atoms with Gasteiger partial charge in [-0.2, -0.15) is 0 Å². The van der Waals surface area contributed by atoms with E-state index in [1.807, 2.05) is 24.3 Å². The van der Waals surface area contributed by atoms with Gasteiger partial charge in [-0.05, 0) is 64.7 Å². The molecule has 0 aromatic carbocycles. The Kier molecular flexibility index (Phi) is 12.6. The van der Waals surface area contributed by atoms with Gasteiger partial charge in [0.2, 0.25) is 0 Å². The molecule has 0 bridgehead atoms. The van der Waals surface area contributed by atoms with Gasteiger partial charge in [0, 0.05) is 5.41 Å². The van der Waals surface area contributed by atoms with E-state index in [4.69, 9.17) is 9.84 Å². The molecule has 1 fully saturated rings. The third-order valence-corrected chi connectivity index (χ3v) is 5.87. The van der Waals surface area contributed by atoms with Gasteiger partial charge < -0.3 is 14.9 Å². The summed E-state index contributed by atoms with van der Waals surface area (Å²) in [6, 6.07) is 0. The molecule has 1 saturated carbocycles. The number of allylic oxidation sites excluding steroid dienone is 6. The summed E-state index contributed by atoms with van der Waals surface area (Å²) in [5, 5.41) is 18.9. The maximum Gasteiger partial charge on any atom is 0.329 e. The van der Waals surface area contributed by atoms with Crippen molar-refractivity contribution in [1.29, 1.82) is 0 Å². The van der Waals surface area contributed by atoms with Crippen molar-refractivity contribution in [3.05, 3.63) is 47.6 Å². The third-order valence-electron chi connectivity index (χ3n) is 5.87. The van der Waals surface area contributed by atoms with Crippen LogP contribution in [0.2, 0.25) is 0 Å². The van der Waals surface area contributed by atoms with Crippen LogP contribution in [0.25, 0.3) is 0 Å². The Bertz CT molecular complexity index is 625. The predicted octanol–water partition coefficient (Wildman–Crippen LogP) is 6.23. The fraction of sp³-hybridized carbons (Fsp3) is 0.654. The molecule has 170 valence electrons. The quantitative estimate of drug-likeness (QED) is 0.211. The van der Waals surface area contributed by atoms with E-state index in [9.17, 15) is 9.90 Å². The van der Waals surface area contributed by atoms with E-state index in [2.05, 4.69) is 39.8 Å². The molecule has 0 aromatic heterocycles. The molecule has 0 aliphatic heterocycles. The van der Waals surface area contributed by atoms with E-state index < -0.39 is 12.1 Å². The second kappa shape index (κ2) is 14.4. The lowest BCUT2D eigenvalue weighted by molar-refractivity contribution is -0.141. The van der Waals surface area contributed by atoms with Crippen molar-refractivity contribution in [3.8, 4) is 0 Å². The number of aliphatic carboxylic acids is 1. The summed E-state index contributed by atoms with van der Waals surface area (Å²) < 4.78 is 5.18. The van der Waals surface area contributed by atoms with Gasteiger partial charge in [0.1, 0.15) is 6.61 Å². The van der Waals surface area contributed by atoms with Crippen LogP contribution in [0.4, 0.5) is 0 Å². The van der Waals surface area contributed by atoms with Crippen molar-refractivity contribution in [2.45, 2.75) is 85.2 Å². The Morgan fingerprint density at radius 3 is 2.67 bits per heavy atom. The van der Waals surface area contributed by atoms with Crippen molar-refractivity contribution in [1.82, 2.24) is 0 Å². The molecule has 0 amide bonds. The summed E-state index contributed by atoms with van der Waals surface area (Å²) in [5.41, 5.74) is 2.66. The standard InChI is InChI=1S/C26H42O4/c1-21(2)10-9-11-22(3)14-15-24(27)13-6-8-18-26(4)17-7-5-12-23(26)16-19-30-20-25(28)29/h6,8,10,13,16,18,22,24,27H,5,7,9,11-12,14-15,17,19-20H2,1-4H3,(H,28,29)/b13-6+,18-8+,23-16+/t22-,24-,26-/m0/s1. The summed E-state index contributed by atoms with van der Waals surface area (Å²) in [7, 11) is 0. The minimum Gasteiger partial charge on any atom is -0.480 e. The first-order valence-corrected chi connectivity index (χ1v) is 11.4. The van der Waals surface area contributed by atoms with Crippen molar-refractivity contribution >= 4 is 5.97 Å². The molecule has 1 aliphatic rings. The summed E-state index contributed by atoms with van der Waals surface area (Å²) >= 11 is 0. The second-order valence-electron chi connectivity index (χ2n) is 9.12. The summed E-state index contributed by atoms with van der Waals surface area (Å²) in [6.45, 7) is 8.83. The highest BCUT2D eigenvalue weighted by Gasteiger charge is 2.28. The van der Waals surface area contributed by atoms with Crippen molar-refractivity contribution in [2.24, 2.45) is 11.3 Å². The molecule has 0 aromatic rings. The molecule has 1 rings (SSSR count). The van der Waals surface area contributed by atoms with Crippen LogP contribution in [-0.2, 0) is 9.53 Å². The van der Waals surface area contributed by atoms with E-state index in [1.165, 1.54) is 24.0 Å². The number of carboxylic acid groups (broad SMARTS) is 1. The van der Waals surface area contributed by atoms with E-state index in [0.717, 1.165) is 38.5 Å². The van der Waals surface area contributed by atoms with Crippen LogP contribution in [0.1, 0.15) is 79.1 Å². The minimum absolute atomic E-state index is 0.0282. The van der Waals surface area contributed by atoms with Gasteiger partial charge in [-0.1, -0.05) is 67.9 Å². The molecule has 2 N–H and O–H groups in total. The maximum absolute atomic E-state index is 10.6. The number of carboxylic acids is 1. The van der Waals surface area contributed by atoms with Gasteiger partial charge in [-0.25, -0.2) is 4.79 Å². The number of aliphatic hydroxyl groups is 1. The molecule has 3 atom stereocenters. The smallest absolute Gasteiger partial charge is 0.329 e. The Labute approximate surface area is 183 Å². The maximum atomic E-state index is 10.6. The number of ether oxygens (including phenoxy) is 1. The van der Waals surface area contributed by atoms with Gasteiger partial charge >= 0.3 is 5.97 Å². The average molecular weight is 419 g/mol. The average Bonchev–Trinajstić information content (AvgIpc) is 2.68. The summed E-state index contributed by atoms with van der Waals surface area (Å²) in [5.74, 6) is -0.318. The lowest BCUT2D eigenvalue weighted by Gasteiger charge is -2.34. The first kappa shape index (κ1) is 26.4. The van der Waals surface area contributed by atoms with Gasteiger partial charge in [-0.3, -0.25) is 0 Å². The fourth-order valence-electron chi connectivity index (χ4n) is 3.90. The first-order valence-electron chi connectivity index (χ1n) is 11.4. The van der Waals surface area contributed by atoms with Crippen LogP contribution >= 0.6 is 0 Å². The Balaban J connectivity index is 2.47. The number of carbonyl (C=O) groups is 1. The van der Waals surface area contributed by atoms with Crippen LogP contribution < -0.4 is 0 Å². The number of hydrogen-bond donors (Lipinski definition) is 2. The molecular weight excluding hydrogens is 376 g/mol. The highest BCUT2D eigenvalue weighted by molar-refractivity contribution is 5.68. The zero-order valence-corrected chi connectivity index (χ0v) is 19.4. The molecule has 0 spiro atoms. The largest absolute Gasteiger partial charge is 0.480 e. The van der Waals surface area contributed by atoms with Gasteiger partial charge in [0.25, 0.3) is 0 Å². The van der Waals surface area contributed by atoms with E-state index >= 15 is 0 Å². The molecule has 0 radical (unpaired) electrons. The molecular formula is C26H42O4. The number of rotatable bonds is 13. The Morgan fingerprint density at radius 1 is 1.20 bits per heavy atom. The predicted molar refractivity (Wildman–Crippen MR) is 124 cm³/mol. The van der Waals surface area contributed by atoms with Gasteiger partial charge in [-0.15, -0.1) is 0 Å². The molecule has 4 nitrogen and oxygen atoms in total. The second-order valence-corrected chi connectivity index (χ2v) is 9.12. The highest BCUT2D eigenvalue weighted by atomic mass is 16.5. The van der Waals surface area contributed by atoms with E-state index in [0.29, 0.717) is 12.5 Å². The first-order chi connectivity index (χ1) is 14.2. The molecule has 0 heterocycles. The number of hydrogen-bond acceptors (Lipinski definition) is 3. The monoisotopic (exact) mass is 418 g/mol. The van der Waals surface area contributed by atoms with Crippen molar-refractivity contribution in [2.75, 3.05) is 13.2 Å². The number of aliphatic hydroxyl groups excluding tert-OH is 1. The van der Waals surface area contributed by atoms with Gasteiger partial charge in [0.15, 0.2) is 0 Å². The lowest BCUT2D eigenvalue weighted by atomic mass is 9.71. The van der Waals surface area contributed by atoms with Crippen molar-refractivity contribution in [3.63, 3.8) is 0 Å². The van der Waals surface area contributed by atoms with Crippen LogP contribution in [0.3, 0.4) is 0 Å². The summed E-state index contributed by atoms with van der Waals surface area (Å²) in [6.07, 6.45) is 20.6. The third kappa shape index (κ3) is 11.5. The molecule has 1 aliphatic carbocycles. The molecule has 30 heavy (non-hydrogen) atoms. The van der Waals surface area contributed by atoms with Crippen LogP contribution in [-0.4, -0.2) is 35.5 Å². The normalized spacial score (nSPS) is 23.2. The van der Waals surface area contributed by atoms with E-state index in [1.54, 1.807) is 0 Å². The highest BCUT2D eigenvalue weighted by Crippen LogP contribution is 2.41. The SMILES string of the molecule is CC(C)=CCC[C@H](C)CC[C@@H](O)/C=C/C=C/[C@]1(C)CCCC/C1=C\COCC(=O)O. The molecule has 4 heteroatoms. The zero-order valence-electron chi connectivity index (χ0n) is 19.4.